The van der Waals surface area contributed by atoms with Crippen LogP contribution in [0.2, 0.25) is 0 Å². The molecule has 1 amide bonds. The summed E-state index contributed by atoms with van der Waals surface area (Å²) in [7, 11) is 1.39. The van der Waals surface area contributed by atoms with Crippen LogP contribution >= 0.6 is 11.3 Å². The van der Waals surface area contributed by atoms with E-state index < -0.39 is 0 Å². The fourth-order valence-electron chi connectivity index (χ4n) is 4.43. The zero-order valence-corrected chi connectivity index (χ0v) is 17.4. The molecule has 0 radical (unpaired) electrons. The number of anilines is 1. The summed E-state index contributed by atoms with van der Waals surface area (Å²) >= 11 is 1.34. The van der Waals surface area contributed by atoms with Gasteiger partial charge in [0.15, 0.2) is 0 Å². The number of aryl methyl sites for hydroxylation is 1. The zero-order chi connectivity index (χ0) is 20.1. The molecule has 0 unspecified atom stereocenters. The Labute approximate surface area is 172 Å². The third-order valence-corrected chi connectivity index (χ3v) is 7.24. The number of ether oxygens (including phenoxy) is 2. The lowest BCUT2D eigenvalue weighted by Gasteiger charge is -2.32. The molecule has 2 atom stereocenters. The lowest BCUT2D eigenvalue weighted by molar-refractivity contribution is -0.135. The largest absolute Gasteiger partial charge is 0.465 e. The van der Waals surface area contributed by atoms with Crippen LogP contribution in [0.25, 0.3) is 10.2 Å². The van der Waals surface area contributed by atoms with Crippen molar-refractivity contribution in [1.82, 2.24) is 14.9 Å². The van der Waals surface area contributed by atoms with Gasteiger partial charge < -0.3 is 19.3 Å². The van der Waals surface area contributed by atoms with Gasteiger partial charge in [-0.25, -0.2) is 14.8 Å². The van der Waals surface area contributed by atoms with E-state index in [0.29, 0.717) is 24.6 Å². The molecule has 4 heterocycles. The van der Waals surface area contributed by atoms with Crippen molar-refractivity contribution in [3.05, 3.63) is 16.8 Å². The average molecular weight is 417 g/mol. The first-order valence-electron chi connectivity index (χ1n) is 10.0. The smallest absolute Gasteiger partial charge is 0.348 e. The Bertz CT molecular complexity index is 973. The van der Waals surface area contributed by atoms with E-state index >= 15 is 0 Å². The van der Waals surface area contributed by atoms with Crippen LogP contribution in [0.3, 0.4) is 0 Å². The topological polar surface area (TPSA) is 84.9 Å². The Balaban J connectivity index is 1.52. The molecule has 3 fully saturated rings. The molecule has 5 rings (SSSR count). The average Bonchev–Trinajstić information content (AvgIpc) is 3.53. The predicted octanol–water partition coefficient (Wildman–Crippen LogP) is 1.86. The van der Waals surface area contributed by atoms with Crippen molar-refractivity contribution in [3.63, 3.8) is 0 Å². The summed E-state index contributed by atoms with van der Waals surface area (Å²) in [6.45, 7) is 5.29. The van der Waals surface area contributed by atoms with Gasteiger partial charge in [-0.3, -0.25) is 4.79 Å². The monoisotopic (exact) mass is 416 g/mol. The SMILES string of the molecule is COC(=O)c1sc2ncnc(N3C[C@@H]4COC[C@H](C3)N(C(=O)C3CC3)C4)c2c1C. The van der Waals surface area contributed by atoms with Gasteiger partial charge in [0.1, 0.15) is 21.9 Å². The molecule has 0 spiro atoms. The number of amides is 1. The van der Waals surface area contributed by atoms with Crippen LogP contribution in [0.5, 0.6) is 0 Å². The second kappa shape index (κ2) is 7.21. The van der Waals surface area contributed by atoms with Crippen LogP contribution in [-0.4, -0.2) is 72.7 Å². The lowest BCUT2D eigenvalue weighted by Crippen LogP contribution is -2.47. The van der Waals surface area contributed by atoms with Gasteiger partial charge in [0, 0.05) is 31.5 Å². The van der Waals surface area contributed by atoms with Crippen LogP contribution in [-0.2, 0) is 14.3 Å². The van der Waals surface area contributed by atoms with Gasteiger partial charge >= 0.3 is 5.97 Å². The third-order valence-electron chi connectivity index (χ3n) is 6.06. The molecule has 2 aromatic heterocycles. The molecule has 2 aliphatic heterocycles. The second-order valence-electron chi connectivity index (χ2n) is 8.15. The second-order valence-corrected chi connectivity index (χ2v) is 9.15. The quantitative estimate of drug-likeness (QED) is 0.706. The maximum Gasteiger partial charge on any atom is 0.348 e. The molecule has 1 saturated carbocycles. The number of esters is 1. The highest BCUT2D eigenvalue weighted by atomic mass is 32.1. The predicted molar refractivity (Wildman–Crippen MR) is 108 cm³/mol. The Morgan fingerprint density at radius 1 is 1.21 bits per heavy atom. The minimum absolute atomic E-state index is 0.0136. The van der Waals surface area contributed by atoms with Crippen LogP contribution in [0.15, 0.2) is 6.33 Å². The van der Waals surface area contributed by atoms with Crippen molar-refractivity contribution in [3.8, 4) is 0 Å². The summed E-state index contributed by atoms with van der Waals surface area (Å²) in [6.07, 6.45) is 3.57. The van der Waals surface area contributed by atoms with E-state index in [1.165, 1.54) is 18.4 Å². The fraction of sp³-hybridized carbons (Fsp3) is 0.600. The van der Waals surface area contributed by atoms with E-state index in [1.54, 1.807) is 6.33 Å². The van der Waals surface area contributed by atoms with Crippen LogP contribution in [0.4, 0.5) is 5.82 Å². The molecule has 3 aliphatic rings. The molecule has 29 heavy (non-hydrogen) atoms. The number of nitrogens with zero attached hydrogens (tertiary/aromatic N) is 4. The number of fused-ring (bicyclic) bond motifs is 4. The van der Waals surface area contributed by atoms with Crippen LogP contribution in [0, 0.1) is 18.8 Å². The van der Waals surface area contributed by atoms with E-state index in [0.717, 1.165) is 47.5 Å². The van der Waals surface area contributed by atoms with E-state index in [4.69, 9.17) is 9.47 Å². The Morgan fingerprint density at radius 3 is 2.79 bits per heavy atom. The molecule has 1 aliphatic carbocycles. The number of rotatable bonds is 3. The number of methoxy groups -OCH3 is 1. The first-order valence-corrected chi connectivity index (χ1v) is 10.8. The van der Waals surface area contributed by atoms with Crippen molar-refractivity contribution in [2.45, 2.75) is 25.8 Å². The standard InChI is InChI=1S/C20H24N4O4S/c1-11-15-17(21-10-22-18(15)29-16(11)20(26)27-2)23-5-12-6-24(19(25)13-3-4-13)14(7-23)9-28-8-12/h10,12-14H,3-9H2,1-2H3/t12-,14-/m0/s1. The van der Waals surface area contributed by atoms with E-state index in [9.17, 15) is 9.59 Å². The van der Waals surface area contributed by atoms with Gasteiger partial charge in [-0.05, 0) is 25.3 Å². The highest BCUT2D eigenvalue weighted by molar-refractivity contribution is 7.20. The molecule has 8 nitrogen and oxygen atoms in total. The van der Waals surface area contributed by atoms with Crippen molar-refractivity contribution in [1.29, 1.82) is 0 Å². The van der Waals surface area contributed by atoms with Crippen molar-refractivity contribution in [2.24, 2.45) is 11.8 Å². The molecular weight excluding hydrogens is 392 g/mol. The maximum atomic E-state index is 12.9. The number of carbonyl (C=O) groups is 2. The summed E-state index contributed by atoms with van der Waals surface area (Å²) in [5.41, 5.74) is 0.851. The Hall–Kier alpha value is -2.26. The lowest BCUT2D eigenvalue weighted by atomic mass is 10.1. The molecule has 154 valence electrons. The minimum Gasteiger partial charge on any atom is -0.465 e. The van der Waals surface area contributed by atoms with Gasteiger partial charge in [0.25, 0.3) is 0 Å². The first kappa shape index (κ1) is 18.7. The zero-order valence-electron chi connectivity index (χ0n) is 16.6. The van der Waals surface area contributed by atoms with Crippen molar-refractivity contribution >= 4 is 39.2 Å². The van der Waals surface area contributed by atoms with Gasteiger partial charge in [-0.2, -0.15) is 0 Å². The van der Waals surface area contributed by atoms with Crippen molar-refractivity contribution in [2.75, 3.05) is 44.9 Å². The molecule has 2 saturated heterocycles. The van der Waals surface area contributed by atoms with Gasteiger partial charge in [0.05, 0.1) is 31.8 Å². The summed E-state index contributed by atoms with van der Waals surface area (Å²) in [6, 6.07) is 0.0136. The first-order chi connectivity index (χ1) is 14.1. The highest BCUT2D eigenvalue weighted by Gasteiger charge is 2.41. The molecular formula is C20H24N4O4S. The Morgan fingerprint density at radius 2 is 2.03 bits per heavy atom. The van der Waals surface area contributed by atoms with Crippen LogP contribution < -0.4 is 4.90 Å². The number of aromatic nitrogens is 2. The summed E-state index contributed by atoms with van der Waals surface area (Å²) in [5, 5.41) is 0.902. The Kier molecular flexibility index (Phi) is 4.66. The molecule has 0 N–H and O–H groups in total. The summed E-state index contributed by atoms with van der Waals surface area (Å²) < 4.78 is 10.8. The molecule has 2 aromatic rings. The normalized spacial score (nSPS) is 24.5. The van der Waals surface area contributed by atoms with Gasteiger partial charge in [0.2, 0.25) is 5.91 Å². The summed E-state index contributed by atoms with van der Waals surface area (Å²) in [4.78, 5) is 39.7. The fourth-order valence-corrected chi connectivity index (χ4v) is 5.49. The van der Waals surface area contributed by atoms with Crippen molar-refractivity contribution < 1.29 is 19.1 Å². The number of thiophene rings is 1. The number of hydrogen-bond donors (Lipinski definition) is 0. The van der Waals surface area contributed by atoms with Gasteiger partial charge in [-0.15, -0.1) is 11.3 Å². The maximum absolute atomic E-state index is 12.9. The van der Waals surface area contributed by atoms with E-state index in [-0.39, 0.29) is 29.8 Å². The number of hydrogen-bond acceptors (Lipinski definition) is 8. The molecule has 9 heteroatoms. The summed E-state index contributed by atoms with van der Waals surface area (Å²) in [5.74, 6) is 1.19. The highest BCUT2D eigenvalue weighted by Crippen LogP contribution is 2.38. The van der Waals surface area contributed by atoms with E-state index in [2.05, 4.69) is 14.9 Å². The minimum atomic E-state index is -0.348. The molecule has 2 bridgehead atoms. The number of carbonyl (C=O) groups excluding carboxylic acids is 2. The van der Waals surface area contributed by atoms with E-state index in [1.807, 2.05) is 11.8 Å². The molecule has 0 aromatic carbocycles. The van der Waals surface area contributed by atoms with Crippen LogP contribution in [0.1, 0.15) is 28.1 Å². The third kappa shape index (κ3) is 3.26. The van der Waals surface area contributed by atoms with Gasteiger partial charge in [-0.1, -0.05) is 0 Å².